The van der Waals surface area contributed by atoms with Crippen molar-refractivity contribution in [2.75, 3.05) is 19.7 Å². The van der Waals surface area contributed by atoms with Crippen LogP contribution in [-0.4, -0.2) is 65.9 Å². The summed E-state index contributed by atoms with van der Waals surface area (Å²) in [6.45, 7) is 2.54. The molecule has 0 spiro atoms. The average Bonchev–Trinajstić information content (AvgIpc) is 3.48. The summed E-state index contributed by atoms with van der Waals surface area (Å²) in [6.07, 6.45) is 3.46. The molecule has 31 heavy (non-hydrogen) atoms. The molecule has 174 valence electrons. The van der Waals surface area contributed by atoms with E-state index in [1.807, 2.05) is 0 Å². The monoisotopic (exact) mass is 462 g/mol. The molecule has 1 aromatic heterocycles. The highest BCUT2D eigenvalue weighted by Gasteiger charge is 2.44. The van der Waals surface area contributed by atoms with Crippen LogP contribution in [0.2, 0.25) is 0 Å². The fraction of sp³-hybridized carbons (Fsp3) is 0.714. The molecule has 1 aromatic rings. The Morgan fingerprint density at radius 3 is 2.58 bits per heavy atom. The number of amides is 1. The van der Waals surface area contributed by atoms with Crippen molar-refractivity contribution < 1.29 is 32.6 Å². The summed E-state index contributed by atoms with van der Waals surface area (Å²) in [5, 5.41) is 12.4. The van der Waals surface area contributed by atoms with Gasteiger partial charge >= 0.3 is 12.1 Å². The Kier molecular flexibility index (Phi) is 8.35. The third-order valence-electron chi connectivity index (χ3n) is 6.21. The second-order valence-electron chi connectivity index (χ2n) is 8.26. The van der Waals surface area contributed by atoms with E-state index in [2.05, 4.69) is 27.7 Å². The van der Waals surface area contributed by atoms with Gasteiger partial charge < -0.3 is 15.2 Å². The van der Waals surface area contributed by atoms with E-state index in [1.54, 1.807) is 11.3 Å². The number of ether oxygens (including phenoxy) is 1. The molecule has 2 N–H and O–H groups in total. The van der Waals surface area contributed by atoms with Gasteiger partial charge in [0, 0.05) is 36.7 Å². The number of likely N-dealkylation sites (tertiary alicyclic amines) is 1. The predicted octanol–water partition coefficient (Wildman–Crippen LogP) is 3.46. The Morgan fingerprint density at radius 2 is 1.97 bits per heavy atom. The normalized spacial score (nSPS) is 26.7. The van der Waals surface area contributed by atoms with Gasteiger partial charge in [0.1, 0.15) is 0 Å². The molecule has 3 aliphatic rings. The fourth-order valence-electron chi connectivity index (χ4n) is 4.74. The van der Waals surface area contributed by atoms with Crippen LogP contribution in [-0.2, 0) is 20.7 Å². The Hall–Kier alpha value is -1.65. The zero-order chi connectivity index (χ0) is 22.4. The average molecular weight is 463 g/mol. The van der Waals surface area contributed by atoms with Gasteiger partial charge in [-0.2, -0.15) is 13.2 Å². The van der Waals surface area contributed by atoms with Crippen LogP contribution in [0.5, 0.6) is 0 Å². The van der Waals surface area contributed by atoms with Crippen LogP contribution in [0.15, 0.2) is 17.5 Å². The molecule has 2 saturated heterocycles. The van der Waals surface area contributed by atoms with Crippen molar-refractivity contribution in [1.82, 2.24) is 10.2 Å². The minimum Gasteiger partial charge on any atom is -0.475 e. The molecule has 3 atom stereocenters. The summed E-state index contributed by atoms with van der Waals surface area (Å²) in [5.41, 5.74) is 0. The number of carboxylic acids is 1. The van der Waals surface area contributed by atoms with Crippen molar-refractivity contribution >= 4 is 23.2 Å². The summed E-state index contributed by atoms with van der Waals surface area (Å²) >= 11 is 1.76. The largest absolute Gasteiger partial charge is 0.490 e. The molecule has 3 heterocycles. The van der Waals surface area contributed by atoms with Crippen molar-refractivity contribution in [1.29, 1.82) is 0 Å². The first-order valence-corrected chi connectivity index (χ1v) is 11.6. The number of nitrogens with one attached hydrogen (secondary N) is 1. The number of carbonyl (C=O) groups is 2. The quantitative estimate of drug-likeness (QED) is 0.701. The van der Waals surface area contributed by atoms with E-state index < -0.39 is 12.1 Å². The molecular weight excluding hydrogens is 433 g/mol. The van der Waals surface area contributed by atoms with Crippen LogP contribution in [0, 0.1) is 5.92 Å². The Morgan fingerprint density at radius 1 is 1.26 bits per heavy atom. The van der Waals surface area contributed by atoms with E-state index in [0.29, 0.717) is 12.1 Å². The molecule has 0 unspecified atom stereocenters. The standard InChI is InChI=1S/C19H28N2O2S.C2HF3O2/c22-19(20-9-7-16-6-3-11-24-16)14-12-18-17(8-10-23-18)21(13-14)15-4-1-2-5-15;3-2(4,5)1(6)7/h3,6,11,14-15,17-18H,1-2,4-5,7-10,12-13H2,(H,20,22);(H,6,7)/t14-,17-,18-;/m1./s1. The highest BCUT2D eigenvalue weighted by Crippen LogP contribution is 2.36. The molecule has 2 aliphatic heterocycles. The first-order chi connectivity index (χ1) is 14.8. The maximum atomic E-state index is 12.7. The predicted molar refractivity (Wildman–Crippen MR) is 110 cm³/mol. The van der Waals surface area contributed by atoms with Crippen molar-refractivity contribution in [2.45, 2.75) is 69.3 Å². The lowest BCUT2D eigenvalue weighted by molar-refractivity contribution is -0.192. The maximum Gasteiger partial charge on any atom is 0.490 e. The van der Waals surface area contributed by atoms with Crippen LogP contribution < -0.4 is 5.32 Å². The zero-order valence-corrected chi connectivity index (χ0v) is 18.1. The number of hydrogen-bond donors (Lipinski definition) is 2. The number of aliphatic carboxylic acids is 1. The van der Waals surface area contributed by atoms with Gasteiger partial charge in [-0.05, 0) is 43.6 Å². The van der Waals surface area contributed by atoms with Crippen LogP contribution >= 0.6 is 11.3 Å². The number of nitrogens with zero attached hydrogens (tertiary/aromatic N) is 1. The Bertz CT molecular complexity index is 723. The Balaban J connectivity index is 0.000000339. The number of carbonyl (C=O) groups excluding carboxylic acids is 1. The van der Waals surface area contributed by atoms with E-state index in [1.165, 1.54) is 30.6 Å². The summed E-state index contributed by atoms with van der Waals surface area (Å²) in [6, 6.07) is 5.44. The van der Waals surface area contributed by atoms with Crippen LogP contribution in [0.1, 0.15) is 43.4 Å². The SMILES string of the molecule is O=C(NCCc1cccs1)[C@@H]1C[C@H]2OCC[C@H]2N(C2CCCC2)C1.O=C(O)C(F)(F)F. The topological polar surface area (TPSA) is 78.9 Å². The molecule has 3 fully saturated rings. The summed E-state index contributed by atoms with van der Waals surface area (Å²) in [7, 11) is 0. The number of piperidine rings is 1. The zero-order valence-electron chi connectivity index (χ0n) is 17.3. The number of carboxylic acid groups (broad SMARTS) is 1. The van der Waals surface area contributed by atoms with Gasteiger partial charge in [-0.15, -0.1) is 11.3 Å². The van der Waals surface area contributed by atoms with E-state index in [0.717, 1.165) is 39.0 Å². The number of thiophene rings is 1. The molecule has 0 bridgehead atoms. The number of hydrogen-bond acceptors (Lipinski definition) is 5. The molecule has 1 amide bonds. The molecule has 4 rings (SSSR count). The number of rotatable bonds is 5. The first kappa shape index (κ1) is 24.0. The van der Waals surface area contributed by atoms with Gasteiger partial charge in [-0.3, -0.25) is 9.69 Å². The van der Waals surface area contributed by atoms with Crippen molar-refractivity contribution in [3.8, 4) is 0 Å². The molecule has 6 nitrogen and oxygen atoms in total. The number of alkyl halides is 3. The van der Waals surface area contributed by atoms with Crippen molar-refractivity contribution in [2.24, 2.45) is 5.92 Å². The van der Waals surface area contributed by atoms with Crippen LogP contribution in [0.3, 0.4) is 0 Å². The van der Waals surface area contributed by atoms with Crippen LogP contribution in [0.25, 0.3) is 0 Å². The highest BCUT2D eigenvalue weighted by molar-refractivity contribution is 7.09. The van der Waals surface area contributed by atoms with Gasteiger partial charge in [0.2, 0.25) is 5.91 Å². The molecule has 1 aliphatic carbocycles. The molecule has 0 radical (unpaired) electrons. The minimum atomic E-state index is -5.08. The maximum absolute atomic E-state index is 12.7. The highest BCUT2D eigenvalue weighted by atomic mass is 32.1. The lowest BCUT2D eigenvalue weighted by Gasteiger charge is -2.43. The number of fused-ring (bicyclic) bond motifs is 1. The minimum absolute atomic E-state index is 0.0910. The number of halogens is 3. The fourth-order valence-corrected chi connectivity index (χ4v) is 5.45. The van der Waals surface area contributed by atoms with E-state index in [4.69, 9.17) is 14.6 Å². The van der Waals surface area contributed by atoms with Crippen molar-refractivity contribution in [3.63, 3.8) is 0 Å². The summed E-state index contributed by atoms with van der Waals surface area (Å²) in [4.78, 5) is 25.6. The molecule has 10 heteroatoms. The molecular formula is C21H29F3N2O4S. The lowest BCUT2D eigenvalue weighted by Crippen LogP contribution is -2.55. The van der Waals surface area contributed by atoms with Gasteiger partial charge in [0.25, 0.3) is 0 Å². The summed E-state index contributed by atoms with van der Waals surface area (Å²) < 4.78 is 37.7. The van der Waals surface area contributed by atoms with Crippen molar-refractivity contribution in [3.05, 3.63) is 22.4 Å². The second kappa shape index (κ2) is 10.8. The van der Waals surface area contributed by atoms with E-state index >= 15 is 0 Å². The summed E-state index contributed by atoms with van der Waals surface area (Å²) in [5.74, 6) is -2.44. The van der Waals surface area contributed by atoms with Gasteiger partial charge in [-0.1, -0.05) is 18.9 Å². The molecule has 0 aromatic carbocycles. The first-order valence-electron chi connectivity index (χ1n) is 10.7. The van der Waals surface area contributed by atoms with Crippen LogP contribution in [0.4, 0.5) is 13.2 Å². The van der Waals surface area contributed by atoms with Gasteiger partial charge in [0.15, 0.2) is 0 Å². The third-order valence-corrected chi connectivity index (χ3v) is 7.14. The van der Waals surface area contributed by atoms with Gasteiger partial charge in [-0.25, -0.2) is 4.79 Å². The van der Waals surface area contributed by atoms with E-state index in [9.17, 15) is 18.0 Å². The molecule has 1 saturated carbocycles. The lowest BCUT2D eigenvalue weighted by atomic mass is 9.88. The smallest absolute Gasteiger partial charge is 0.475 e. The third kappa shape index (κ3) is 6.66. The Labute approximate surface area is 183 Å². The van der Waals surface area contributed by atoms with E-state index in [-0.39, 0.29) is 17.9 Å². The second-order valence-corrected chi connectivity index (χ2v) is 9.29. The van der Waals surface area contributed by atoms with Gasteiger partial charge in [0.05, 0.1) is 12.0 Å².